The summed E-state index contributed by atoms with van der Waals surface area (Å²) in [6.45, 7) is 6.93. The Labute approximate surface area is 80.5 Å². The summed E-state index contributed by atoms with van der Waals surface area (Å²) in [6, 6.07) is 2.97. The van der Waals surface area contributed by atoms with E-state index in [4.69, 9.17) is 11.0 Å². The molecule has 74 valence electrons. The maximum atomic E-state index is 9.02. The van der Waals surface area contributed by atoms with E-state index in [9.17, 15) is 0 Å². The molecule has 0 aromatic carbocycles. The van der Waals surface area contributed by atoms with Crippen LogP contribution in [-0.2, 0) is 0 Å². The Morgan fingerprint density at radius 3 is 2.31 bits per heavy atom. The summed E-state index contributed by atoms with van der Waals surface area (Å²) < 4.78 is 0. The van der Waals surface area contributed by atoms with Gasteiger partial charge >= 0.3 is 0 Å². The molecular weight excluding hydrogens is 162 g/mol. The molecule has 0 saturated carbocycles. The Hall–Kier alpha value is -0.590. The van der Waals surface area contributed by atoms with Crippen molar-refractivity contribution < 1.29 is 0 Å². The number of nitrogens with two attached hydrogens (primary N) is 1. The van der Waals surface area contributed by atoms with Crippen LogP contribution in [0.3, 0.4) is 0 Å². The summed E-state index contributed by atoms with van der Waals surface area (Å²) in [5.41, 5.74) is 5.40. The second-order valence-electron chi connectivity index (χ2n) is 4.23. The molecule has 3 nitrogen and oxygen atoms in total. The lowest BCUT2D eigenvalue weighted by Gasteiger charge is -2.38. The number of nitriles is 1. The molecule has 1 heterocycles. The summed E-state index contributed by atoms with van der Waals surface area (Å²) in [5.74, 6) is 0. The Morgan fingerprint density at radius 2 is 2.00 bits per heavy atom. The van der Waals surface area contributed by atoms with Crippen LogP contribution in [0.5, 0.6) is 0 Å². The van der Waals surface area contributed by atoms with Gasteiger partial charge in [-0.2, -0.15) is 5.26 Å². The van der Waals surface area contributed by atoms with E-state index in [1.807, 2.05) is 0 Å². The van der Waals surface area contributed by atoms with Crippen molar-refractivity contribution in [2.24, 2.45) is 11.1 Å². The van der Waals surface area contributed by atoms with Crippen molar-refractivity contribution in [3.8, 4) is 6.07 Å². The molecule has 13 heavy (non-hydrogen) atoms. The van der Waals surface area contributed by atoms with Crippen LogP contribution in [0.15, 0.2) is 0 Å². The van der Waals surface area contributed by atoms with Gasteiger partial charge in [0, 0.05) is 12.6 Å². The minimum atomic E-state index is -0.231. The SMILES string of the molecule is CC(C)N1CCC(C#N)(CN)CC1. The highest BCUT2D eigenvalue weighted by Crippen LogP contribution is 2.29. The van der Waals surface area contributed by atoms with Crippen molar-refractivity contribution in [1.82, 2.24) is 4.90 Å². The molecule has 1 saturated heterocycles. The topological polar surface area (TPSA) is 53.0 Å². The van der Waals surface area contributed by atoms with Gasteiger partial charge in [-0.1, -0.05) is 0 Å². The minimum Gasteiger partial charge on any atom is -0.329 e. The van der Waals surface area contributed by atoms with Gasteiger partial charge in [0.2, 0.25) is 0 Å². The lowest BCUT2D eigenvalue weighted by atomic mass is 9.80. The fourth-order valence-electron chi connectivity index (χ4n) is 1.83. The number of rotatable bonds is 2. The molecule has 1 aliphatic heterocycles. The van der Waals surface area contributed by atoms with Crippen LogP contribution in [0.2, 0.25) is 0 Å². The summed E-state index contributed by atoms with van der Waals surface area (Å²) in [6.07, 6.45) is 1.86. The average molecular weight is 181 g/mol. The largest absolute Gasteiger partial charge is 0.329 e. The number of nitrogens with zero attached hydrogens (tertiary/aromatic N) is 2. The number of piperidine rings is 1. The summed E-state index contributed by atoms with van der Waals surface area (Å²) in [5, 5.41) is 9.02. The van der Waals surface area contributed by atoms with Crippen molar-refractivity contribution in [2.75, 3.05) is 19.6 Å². The third-order valence-electron chi connectivity index (χ3n) is 3.11. The quantitative estimate of drug-likeness (QED) is 0.690. The smallest absolute Gasteiger partial charge is 0.0720 e. The van der Waals surface area contributed by atoms with E-state index in [0.29, 0.717) is 12.6 Å². The third-order valence-corrected chi connectivity index (χ3v) is 3.11. The lowest BCUT2D eigenvalue weighted by Crippen LogP contribution is -2.45. The molecule has 0 spiro atoms. The molecule has 0 atom stereocenters. The van der Waals surface area contributed by atoms with Crippen LogP contribution in [0.25, 0.3) is 0 Å². The van der Waals surface area contributed by atoms with Gasteiger partial charge in [-0.25, -0.2) is 0 Å². The molecule has 0 unspecified atom stereocenters. The molecule has 0 amide bonds. The lowest BCUT2D eigenvalue weighted by molar-refractivity contribution is 0.121. The van der Waals surface area contributed by atoms with Gasteiger partial charge in [-0.05, 0) is 39.8 Å². The minimum absolute atomic E-state index is 0.231. The van der Waals surface area contributed by atoms with Crippen molar-refractivity contribution in [1.29, 1.82) is 5.26 Å². The van der Waals surface area contributed by atoms with E-state index in [1.165, 1.54) is 0 Å². The fraction of sp³-hybridized carbons (Fsp3) is 0.900. The zero-order valence-electron chi connectivity index (χ0n) is 8.58. The maximum absolute atomic E-state index is 9.02. The monoisotopic (exact) mass is 181 g/mol. The predicted octanol–water partition coefficient (Wildman–Crippen LogP) is 0.959. The van der Waals surface area contributed by atoms with Crippen LogP contribution in [0, 0.1) is 16.7 Å². The highest BCUT2D eigenvalue weighted by atomic mass is 15.2. The molecule has 1 rings (SSSR count). The van der Waals surface area contributed by atoms with E-state index in [1.54, 1.807) is 0 Å². The van der Waals surface area contributed by atoms with E-state index < -0.39 is 0 Å². The highest BCUT2D eigenvalue weighted by Gasteiger charge is 2.33. The molecule has 1 aliphatic rings. The van der Waals surface area contributed by atoms with E-state index in [2.05, 4.69) is 24.8 Å². The Bertz CT molecular complexity index is 197. The third kappa shape index (κ3) is 2.20. The van der Waals surface area contributed by atoms with E-state index in [-0.39, 0.29) is 5.41 Å². The van der Waals surface area contributed by atoms with Gasteiger partial charge in [0.05, 0.1) is 11.5 Å². The molecule has 0 aliphatic carbocycles. The summed E-state index contributed by atoms with van der Waals surface area (Å²) in [4.78, 5) is 2.41. The van der Waals surface area contributed by atoms with Crippen molar-refractivity contribution >= 4 is 0 Å². The zero-order chi connectivity index (χ0) is 9.90. The Kier molecular flexibility index (Phi) is 3.29. The highest BCUT2D eigenvalue weighted by molar-refractivity contribution is 5.02. The molecule has 0 radical (unpaired) electrons. The second kappa shape index (κ2) is 4.08. The first kappa shape index (κ1) is 10.5. The maximum Gasteiger partial charge on any atom is 0.0720 e. The van der Waals surface area contributed by atoms with Crippen LogP contribution in [0.1, 0.15) is 26.7 Å². The molecule has 2 N–H and O–H groups in total. The number of likely N-dealkylation sites (tertiary alicyclic amines) is 1. The first-order chi connectivity index (χ1) is 6.13. The summed E-state index contributed by atoms with van der Waals surface area (Å²) in [7, 11) is 0. The summed E-state index contributed by atoms with van der Waals surface area (Å²) >= 11 is 0. The standard InChI is InChI=1S/C10H19N3/c1-9(2)13-5-3-10(7-11,8-12)4-6-13/h9H,3-7,11H2,1-2H3. The number of hydrogen-bond donors (Lipinski definition) is 1. The van der Waals surface area contributed by atoms with Crippen molar-refractivity contribution in [3.05, 3.63) is 0 Å². The van der Waals surface area contributed by atoms with E-state index >= 15 is 0 Å². The average Bonchev–Trinajstić information content (AvgIpc) is 2.18. The van der Waals surface area contributed by atoms with Gasteiger partial charge in [0.1, 0.15) is 0 Å². The second-order valence-corrected chi connectivity index (χ2v) is 4.23. The molecule has 1 fully saturated rings. The first-order valence-corrected chi connectivity index (χ1v) is 4.99. The molecule has 3 heteroatoms. The normalized spacial score (nSPS) is 23.0. The van der Waals surface area contributed by atoms with Crippen molar-refractivity contribution in [3.63, 3.8) is 0 Å². The van der Waals surface area contributed by atoms with Gasteiger partial charge in [0.25, 0.3) is 0 Å². The molecule has 0 bridgehead atoms. The van der Waals surface area contributed by atoms with Crippen LogP contribution in [0.4, 0.5) is 0 Å². The van der Waals surface area contributed by atoms with E-state index in [0.717, 1.165) is 25.9 Å². The number of hydrogen-bond acceptors (Lipinski definition) is 3. The molecule has 0 aromatic rings. The molecule has 0 aromatic heterocycles. The Morgan fingerprint density at radius 1 is 1.46 bits per heavy atom. The predicted molar refractivity (Wildman–Crippen MR) is 53.0 cm³/mol. The first-order valence-electron chi connectivity index (χ1n) is 4.99. The Balaban J connectivity index is 2.51. The van der Waals surface area contributed by atoms with Gasteiger partial charge < -0.3 is 10.6 Å². The van der Waals surface area contributed by atoms with Crippen LogP contribution in [-0.4, -0.2) is 30.6 Å². The van der Waals surface area contributed by atoms with Gasteiger partial charge in [-0.3, -0.25) is 0 Å². The zero-order valence-corrected chi connectivity index (χ0v) is 8.58. The molecular formula is C10H19N3. The van der Waals surface area contributed by atoms with Crippen molar-refractivity contribution in [2.45, 2.75) is 32.7 Å². The van der Waals surface area contributed by atoms with Gasteiger partial charge in [-0.15, -0.1) is 0 Å². The fourth-order valence-corrected chi connectivity index (χ4v) is 1.83. The van der Waals surface area contributed by atoms with Gasteiger partial charge in [0.15, 0.2) is 0 Å². The van der Waals surface area contributed by atoms with Crippen LogP contribution >= 0.6 is 0 Å². The van der Waals surface area contributed by atoms with Crippen LogP contribution < -0.4 is 5.73 Å².